The van der Waals surface area contributed by atoms with Crippen LogP contribution in [0, 0.1) is 12.7 Å². The molecule has 0 fully saturated rings. The summed E-state index contributed by atoms with van der Waals surface area (Å²) in [7, 11) is 0. The molecule has 0 bridgehead atoms. The molecule has 1 aromatic heterocycles. The molecular weight excluding hydrogens is 397 g/mol. The first-order chi connectivity index (χ1) is 13.8. The van der Waals surface area contributed by atoms with Crippen molar-refractivity contribution >= 4 is 39.9 Å². The van der Waals surface area contributed by atoms with Gasteiger partial charge in [0.05, 0.1) is 5.69 Å². The minimum atomic E-state index is -0.882. The van der Waals surface area contributed by atoms with Gasteiger partial charge in [-0.15, -0.1) is 0 Å². The number of hydrogen-bond donors (Lipinski definition) is 3. The van der Waals surface area contributed by atoms with Crippen molar-refractivity contribution < 1.29 is 18.3 Å². The van der Waals surface area contributed by atoms with Crippen molar-refractivity contribution in [3.05, 3.63) is 70.3 Å². The lowest BCUT2D eigenvalue weighted by Gasteiger charge is -2.17. The van der Waals surface area contributed by atoms with Crippen molar-refractivity contribution in [3.8, 4) is 5.75 Å². The average molecular weight is 415 g/mol. The van der Waals surface area contributed by atoms with Crippen molar-refractivity contribution in [2.45, 2.75) is 20.0 Å². The Kier molecular flexibility index (Phi) is 6.08. The Bertz CT molecular complexity index is 1130. The van der Waals surface area contributed by atoms with Crippen LogP contribution in [-0.2, 0) is 4.79 Å². The van der Waals surface area contributed by atoms with Crippen LogP contribution < -0.4 is 26.5 Å². The molecule has 3 N–H and O–H groups in total. The third kappa shape index (κ3) is 5.08. The van der Waals surface area contributed by atoms with Gasteiger partial charge in [0, 0.05) is 17.5 Å². The second kappa shape index (κ2) is 8.70. The van der Waals surface area contributed by atoms with Crippen molar-refractivity contribution in [3.63, 3.8) is 0 Å². The second-order valence-corrected chi connectivity index (χ2v) is 6.62. The van der Waals surface area contributed by atoms with E-state index in [9.17, 15) is 14.0 Å². The maximum absolute atomic E-state index is 13.6. The van der Waals surface area contributed by atoms with Gasteiger partial charge in [0.2, 0.25) is 0 Å². The molecule has 0 saturated carbocycles. The van der Waals surface area contributed by atoms with Gasteiger partial charge in [-0.25, -0.2) is 9.18 Å². The molecule has 2 aromatic carbocycles. The van der Waals surface area contributed by atoms with Crippen LogP contribution >= 0.6 is 12.2 Å². The Labute approximate surface area is 170 Å². The number of para-hydroxylation sites is 1. The van der Waals surface area contributed by atoms with E-state index < -0.39 is 23.5 Å². The molecule has 150 valence electrons. The largest absolute Gasteiger partial charge is 0.481 e. The molecule has 29 heavy (non-hydrogen) atoms. The fourth-order valence-corrected chi connectivity index (χ4v) is 2.73. The van der Waals surface area contributed by atoms with Gasteiger partial charge >= 0.3 is 5.63 Å². The standard InChI is InChI=1S/C20H18FN3O4S/c1-11-9-18(25)28-17-10-13(7-8-14(11)17)27-12(2)19(26)23-24-20(29)22-16-6-4-3-5-15(16)21/h3-10,12H,1-2H3,(H,23,26)(H2,22,24,29)/t12-/m1/s1. The number of rotatable bonds is 4. The Morgan fingerprint density at radius 3 is 2.69 bits per heavy atom. The zero-order valence-corrected chi connectivity index (χ0v) is 16.4. The first-order valence-electron chi connectivity index (χ1n) is 8.66. The third-order valence-electron chi connectivity index (χ3n) is 4.03. The number of hydrazine groups is 1. The number of aryl methyl sites for hydroxylation is 1. The molecular formula is C20H18FN3O4S. The first kappa shape index (κ1) is 20.3. The summed E-state index contributed by atoms with van der Waals surface area (Å²) in [6.07, 6.45) is -0.882. The number of ether oxygens (including phenoxy) is 1. The lowest BCUT2D eigenvalue weighted by Crippen LogP contribution is -2.48. The summed E-state index contributed by atoms with van der Waals surface area (Å²) >= 11 is 5.02. The number of carbonyl (C=O) groups is 1. The highest BCUT2D eigenvalue weighted by Gasteiger charge is 2.16. The van der Waals surface area contributed by atoms with Crippen LogP contribution in [0.25, 0.3) is 11.0 Å². The highest BCUT2D eigenvalue weighted by molar-refractivity contribution is 7.80. The summed E-state index contributed by atoms with van der Waals surface area (Å²) in [4.78, 5) is 23.7. The molecule has 0 aliphatic heterocycles. The molecule has 0 aliphatic rings. The van der Waals surface area contributed by atoms with Crippen molar-refractivity contribution in [2.75, 3.05) is 5.32 Å². The van der Waals surface area contributed by atoms with E-state index in [1.807, 2.05) is 0 Å². The van der Waals surface area contributed by atoms with Crippen molar-refractivity contribution in [1.82, 2.24) is 10.9 Å². The van der Waals surface area contributed by atoms with Crippen LogP contribution in [0.15, 0.2) is 57.7 Å². The number of fused-ring (bicyclic) bond motifs is 1. The first-order valence-corrected chi connectivity index (χ1v) is 9.07. The molecule has 0 spiro atoms. The molecule has 3 aromatic rings. The number of anilines is 1. The molecule has 0 unspecified atom stereocenters. The van der Waals surface area contributed by atoms with E-state index in [2.05, 4.69) is 16.2 Å². The van der Waals surface area contributed by atoms with Crippen LogP contribution in [0.1, 0.15) is 12.5 Å². The monoisotopic (exact) mass is 415 g/mol. The van der Waals surface area contributed by atoms with Gasteiger partial charge in [-0.05, 0) is 55.9 Å². The van der Waals surface area contributed by atoms with E-state index in [1.54, 1.807) is 44.2 Å². The summed E-state index contributed by atoms with van der Waals surface area (Å²) in [5.41, 5.74) is 5.74. The quantitative estimate of drug-likeness (QED) is 0.343. The van der Waals surface area contributed by atoms with Crippen molar-refractivity contribution in [2.24, 2.45) is 0 Å². The summed E-state index contributed by atoms with van der Waals surface area (Å²) in [6.45, 7) is 3.35. The lowest BCUT2D eigenvalue weighted by atomic mass is 10.1. The number of hydrogen-bond acceptors (Lipinski definition) is 5. The number of halogens is 1. The van der Waals surface area contributed by atoms with Crippen molar-refractivity contribution in [1.29, 1.82) is 0 Å². The van der Waals surface area contributed by atoms with Crippen LogP contribution in [-0.4, -0.2) is 17.1 Å². The van der Waals surface area contributed by atoms with Crippen LogP contribution in [0.2, 0.25) is 0 Å². The SMILES string of the molecule is Cc1cc(=O)oc2cc(O[C@H](C)C(=O)NNC(=S)Nc3ccccc3F)ccc12. The second-order valence-electron chi connectivity index (χ2n) is 6.21. The molecule has 1 heterocycles. The molecule has 0 radical (unpaired) electrons. The summed E-state index contributed by atoms with van der Waals surface area (Å²) in [5.74, 6) is -0.618. The molecule has 9 heteroatoms. The molecule has 1 amide bonds. The highest BCUT2D eigenvalue weighted by Crippen LogP contribution is 2.23. The van der Waals surface area contributed by atoms with Crippen LogP contribution in [0.3, 0.4) is 0 Å². The summed E-state index contributed by atoms with van der Waals surface area (Å²) < 4.78 is 24.4. The molecule has 3 rings (SSSR count). The Morgan fingerprint density at radius 1 is 1.17 bits per heavy atom. The minimum absolute atomic E-state index is 0.0126. The predicted octanol–water partition coefficient (Wildman–Crippen LogP) is 3.03. The van der Waals surface area contributed by atoms with E-state index in [-0.39, 0.29) is 10.8 Å². The van der Waals surface area contributed by atoms with Gasteiger partial charge in [-0.3, -0.25) is 15.6 Å². The maximum atomic E-state index is 13.6. The number of nitrogens with one attached hydrogen (secondary N) is 3. The number of thiocarbonyl (C=S) groups is 1. The van der Waals surface area contributed by atoms with E-state index in [0.29, 0.717) is 11.3 Å². The van der Waals surface area contributed by atoms with E-state index >= 15 is 0 Å². The van der Waals surface area contributed by atoms with Gasteiger partial charge in [0.25, 0.3) is 5.91 Å². The topological polar surface area (TPSA) is 92.6 Å². The van der Waals surface area contributed by atoms with Gasteiger partial charge in [-0.2, -0.15) is 0 Å². The zero-order valence-electron chi connectivity index (χ0n) is 15.6. The maximum Gasteiger partial charge on any atom is 0.336 e. The Morgan fingerprint density at radius 2 is 1.93 bits per heavy atom. The summed E-state index contributed by atoms with van der Waals surface area (Å²) in [5, 5.41) is 3.42. The van der Waals surface area contributed by atoms with E-state index in [4.69, 9.17) is 21.4 Å². The van der Waals surface area contributed by atoms with E-state index in [0.717, 1.165) is 10.9 Å². The molecule has 0 aliphatic carbocycles. The molecule has 0 saturated heterocycles. The van der Waals surface area contributed by atoms with Gasteiger partial charge in [0.1, 0.15) is 17.1 Å². The lowest BCUT2D eigenvalue weighted by molar-refractivity contribution is -0.127. The normalized spacial score (nSPS) is 11.6. The highest BCUT2D eigenvalue weighted by atomic mass is 32.1. The molecule has 1 atom stereocenters. The van der Waals surface area contributed by atoms with Gasteiger partial charge in [-0.1, -0.05) is 12.1 Å². The van der Waals surface area contributed by atoms with Crippen LogP contribution in [0.4, 0.5) is 10.1 Å². The van der Waals surface area contributed by atoms with E-state index in [1.165, 1.54) is 18.2 Å². The Balaban J connectivity index is 1.58. The predicted molar refractivity (Wildman–Crippen MR) is 111 cm³/mol. The van der Waals surface area contributed by atoms with Gasteiger partial charge < -0.3 is 14.5 Å². The number of carbonyl (C=O) groups excluding carboxylic acids is 1. The average Bonchev–Trinajstić information content (AvgIpc) is 2.67. The van der Waals surface area contributed by atoms with Crippen LogP contribution in [0.5, 0.6) is 5.75 Å². The minimum Gasteiger partial charge on any atom is -0.481 e. The van der Waals surface area contributed by atoms with Gasteiger partial charge in [0.15, 0.2) is 11.2 Å². The summed E-state index contributed by atoms with van der Waals surface area (Å²) in [6, 6.07) is 12.4. The zero-order chi connectivity index (χ0) is 21.0. The fourth-order valence-electron chi connectivity index (χ4n) is 2.57. The molecule has 7 nitrogen and oxygen atoms in total. The third-order valence-corrected chi connectivity index (χ3v) is 4.23. The number of benzene rings is 2. The fraction of sp³-hybridized carbons (Fsp3) is 0.150. The smallest absolute Gasteiger partial charge is 0.336 e. The Hall–Kier alpha value is -3.46. The number of amides is 1.